The normalized spacial score (nSPS) is 13.4. The van der Waals surface area contributed by atoms with E-state index in [1.165, 1.54) is 6.07 Å². The summed E-state index contributed by atoms with van der Waals surface area (Å²) in [5, 5.41) is 2.97. The largest absolute Gasteiger partial charge is 0.334 e. The van der Waals surface area contributed by atoms with E-state index in [0.29, 0.717) is 5.56 Å². The van der Waals surface area contributed by atoms with Gasteiger partial charge in [-0.15, -0.1) is 0 Å². The molecule has 0 saturated heterocycles. The lowest BCUT2D eigenvalue weighted by atomic mass is 10.1. The van der Waals surface area contributed by atoms with Gasteiger partial charge < -0.3 is 10.2 Å². The van der Waals surface area contributed by atoms with Crippen LogP contribution in [0.25, 0.3) is 0 Å². The number of nitrogens with one attached hydrogen (secondary N) is 1. The molecule has 5 nitrogen and oxygen atoms in total. The fourth-order valence-electron chi connectivity index (χ4n) is 3.80. The number of likely N-dealkylation sites (N-methyl/N-ethyl adjacent to an activating group) is 1. The van der Waals surface area contributed by atoms with Crippen LogP contribution in [0.15, 0.2) is 36.4 Å². The molecule has 0 atom stereocenters. The topological polar surface area (TPSA) is 52.7 Å². The van der Waals surface area contributed by atoms with Crippen molar-refractivity contribution in [1.29, 1.82) is 0 Å². The van der Waals surface area contributed by atoms with Crippen LogP contribution in [-0.4, -0.2) is 47.8 Å². The highest BCUT2D eigenvalue weighted by atomic mass is 19.1. The first-order valence-electron chi connectivity index (χ1n) is 10.3. The van der Waals surface area contributed by atoms with E-state index in [9.17, 15) is 14.0 Å². The minimum Gasteiger partial charge on any atom is -0.334 e. The number of hydrogen-bond donors (Lipinski definition) is 1. The van der Waals surface area contributed by atoms with Crippen LogP contribution in [0.3, 0.4) is 0 Å². The van der Waals surface area contributed by atoms with E-state index in [1.54, 1.807) is 35.0 Å². The van der Waals surface area contributed by atoms with Crippen molar-refractivity contribution in [3.05, 3.63) is 64.5 Å². The zero-order valence-electron chi connectivity index (χ0n) is 18.2. The summed E-state index contributed by atoms with van der Waals surface area (Å²) in [6.07, 6.45) is 1.88. The zero-order chi connectivity index (χ0) is 21.8. The molecular weight excluding hydrogens is 381 g/mol. The molecule has 1 fully saturated rings. The highest BCUT2D eigenvalue weighted by molar-refractivity contribution is 5.94. The lowest BCUT2D eigenvalue weighted by molar-refractivity contribution is -0.133. The third kappa shape index (κ3) is 5.66. The van der Waals surface area contributed by atoms with Crippen molar-refractivity contribution in [2.75, 3.05) is 25.5 Å². The smallest absolute Gasteiger partial charge is 0.238 e. The SMILES string of the molecule is Cc1cc(C)c(NC(=O)CN(C)CC(=O)N(Cc2ccccc2F)C2CC2)c(C)c1. The van der Waals surface area contributed by atoms with Crippen molar-refractivity contribution in [3.8, 4) is 0 Å². The zero-order valence-corrected chi connectivity index (χ0v) is 18.2. The number of hydrogen-bond acceptors (Lipinski definition) is 3. The number of carbonyl (C=O) groups excluding carboxylic acids is 2. The molecule has 3 rings (SSSR count). The molecular formula is C24H30FN3O2. The lowest BCUT2D eigenvalue weighted by Gasteiger charge is -2.26. The number of anilines is 1. The van der Waals surface area contributed by atoms with Gasteiger partial charge in [0.15, 0.2) is 0 Å². The predicted octanol–water partition coefficient (Wildman–Crippen LogP) is 3.81. The second-order valence-electron chi connectivity index (χ2n) is 8.34. The Morgan fingerprint density at radius 2 is 1.70 bits per heavy atom. The Hall–Kier alpha value is -2.73. The van der Waals surface area contributed by atoms with Crippen LogP contribution in [-0.2, 0) is 16.1 Å². The molecule has 1 N–H and O–H groups in total. The van der Waals surface area contributed by atoms with E-state index in [0.717, 1.165) is 35.2 Å². The van der Waals surface area contributed by atoms with Crippen molar-refractivity contribution < 1.29 is 14.0 Å². The minimum absolute atomic E-state index is 0.0845. The molecule has 2 aromatic rings. The van der Waals surface area contributed by atoms with Crippen LogP contribution in [0.5, 0.6) is 0 Å². The third-order valence-electron chi connectivity index (χ3n) is 5.37. The maximum Gasteiger partial charge on any atom is 0.238 e. The van der Waals surface area contributed by atoms with Gasteiger partial charge in [-0.3, -0.25) is 14.5 Å². The van der Waals surface area contributed by atoms with E-state index in [2.05, 4.69) is 5.32 Å². The number of aryl methyl sites for hydroxylation is 3. The molecule has 6 heteroatoms. The van der Waals surface area contributed by atoms with Gasteiger partial charge in [-0.05, 0) is 57.9 Å². The van der Waals surface area contributed by atoms with Crippen LogP contribution >= 0.6 is 0 Å². The van der Waals surface area contributed by atoms with Gasteiger partial charge in [0.2, 0.25) is 11.8 Å². The fourth-order valence-corrected chi connectivity index (χ4v) is 3.80. The summed E-state index contributed by atoms with van der Waals surface area (Å²) in [6, 6.07) is 10.8. The number of amides is 2. The third-order valence-corrected chi connectivity index (χ3v) is 5.37. The summed E-state index contributed by atoms with van der Waals surface area (Å²) in [6.45, 7) is 6.45. The average Bonchev–Trinajstić information content (AvgIpc) is 3.48. The number of rotatable bonds is 8. The van der Waals surface area contributed by atoms with E-state index < -0.39 is 0 Å². The molecule has 0 spiro atoms. The molecule has 1 saturated carbocycles. The summed E-state index contributed by atoms with van der Waals surface area (Å²) >= 11 is 0. The predicted molar refractivity (Wildman–Crippen MR) is 117 cm³/mol. The summed E-state index contributed by atoms with van der Waals surface area (Å²) in [4.78, 5) is 28.8. The van der Waals surface area contributed by atoms with Gasteiger partial charge in [0.05, 0.1) is 13.1 Å². The maximum absolute atomic E-state index is 14.0. The van der Waals surface area contributed by atoms with Gasteiger partial charge >= 0.3 is 0 Å². The van der Waals surface area contributed by atoms with Crippen LogP contribution in [0.1, 0.15) is 35.1 Å². The van der Waals surface area contributed by atoms with Crippen LogP contribution in [0.4, 0.5) is 10.1 Å². The van der Waals surface area contributed by atoms with Gasteiger partial charge in [-0.25, -0.2) is 4.39 Å². The van der Waals surface area contributed by atoms with E-state index in [1.807, 2.05) is 32.9 Å². The van der Waals surface area contributed by atoms with Crippen molar-refractivity contribution in [1.82, 2.24) is 9.80 Å². The Labute approximate surface area is 177 Å². The Bertz CT molecular complexity index is 917. The number of carbonyl (C=O) groups is 2. The number of nitrogens with zero attached hydrogens (tertiary/aromatic N) is 2. The van der Waals surface area contributed by atoms with Crippen molar-refractivity contribution in [3.63, 3.8) is 0 Å². The molecule has 0 unspecified atom stereocenters. The second kappa shape index (κ2) is 9.39. The highest BCUT2D eigenvalue weighted by Crippen LogP contribution is 2.29. The number of halogens is 1. The molecule has 0 aromatic heterocycles. The Kier molecular flexibility index (Phi) is 6.87. The summed E-state index contributed by atoms with van der Waals surface area (Å²) < 4.78 is 14.0. The first kappa shape index (κ1) is 22.0. The molecule has 30 heavy (non-hydrogen) atoms. The lowest BCUT2D eigenvalue weighted by Crippen LogP contribution is -2.42. The quantitative estimate of drug-likeness (QED) is 0.719. The number of benzene rings is 2. The molecule has 1 aliphatic rings. The highest BCUT2D eigenvalue weighted by Gasteiger charge is 2.33. The molecule has 2 amide bonds. The van der Waals surface area contributed by atoms with Crippen LogP contribution in [0, 0.1) is 26.6 Å². The standard InChI is InChI=1S/C24H30FN3O2/c1-16-11-17(2)24(18(3)12-16)26-22(29)14-27(4)15-23(30)28(20-9-10-20)13-19-7-5-6-8-21(19)25/h5-8,11-12,20H,9-10,13-15H2,1-4H3,(H,26,29). The minimum atomic E-state index is -0.299. The van der Waals surface area contributed by atoms with Gasteiger partial charge in [0.1, 0.15) is 5.82 Å². The molecule has 160 valence electrons. The van der Waals surface area contributed by atoms with Crippen molar-refractivity contribution in [2.45, 2.75) is 46.2 Å². The summed E-state index contributed by atoms with van der Waals surface area (Å²) in [7, 11) is 1.75. The maximum atomic E-state index is 14.0. The second-order valence-corrected chi connectivity index (χ2v) is 8.34. The van der Waals surface area contributed by atoms with Crippen molar-refractivity contribution >= 4 is 17.5 Å². The molecule has 0 bridgehead atoms. The first-order chi connectivity index (χ1) is 14.2. The Morgan fingerprint density at radius 1 is 1.07 bits per heavy atom. The molecule has 2 aromatic carbocycles. The van der Waals surface area contributed by atoms with Crippen LogP contribution < -0.4 is 5.32 Å². The average molecular weight is 412 g/mol. The van der Waals surface area contributed by atoms with Gasteiger partial charge in [-0.2, -0.15) is 0 Å². The van der Waals surface area contributed by atoms with Gasteiger partial charge in [-0.1, -0.05) is 35.9 Å². The monoisotopic (exact) mass is 411 g/mol. The fraction of sp³-hybridized carbons (Fsp3) is 0.417. The summed E-state index contributed by atoms with van der Waals surface area (Å²) in [5.41, 5.74) is 4.53. The Balaban J connectivity index is 1.58. The molecule has 0 heterocycles. The Morgan fingerprint density at radius 3 is 2.30 bits per heavy atom. The molecule has 1 aliphatic carbocycles. The molecule has 0 aliphatic heterocycles. The summed E-state index contributed by atoms with van der Waals surface area (Å²) in [5.74, 6) is -0.543. The molecule has 0 radical (unpaired) electrons. The van der Waals surface area contributed by atoms with Gasteiger partial charge in [0, 0.05) is 23.8 Å². The van der Waals surface area contributed by atoms with E-state index >= 15 is 0 Å². The van der Waals surface area contributed by atoms with Gasteiger partial charge in [0.25, 0.3) is 0 Å². The van der Waals surface area contributed by atoms with Crippen molar-refractivity contribution in [2.24, 2.45) is 0 Å². The van der Waals surface area contributed by atoms with Crippen LogP contribution in [0.2, 0.25) is 0 Å². The first-order valence-corrected chi connectivity index (χ1v) is 10.3. The van der Waals surface area contributed by atoms with E-state index in [4.69, 9.17) is 0 Å². The van der Waals surface area contributed by atoms with E-state index in [-0.39, 0.29) is 43.3 Å².